The summed E-state index contributed by atoms with van der Waals surface area (Å²) in [6, 6.07) is 18.8. The van der Waals surface area contributed by atoms with Gasteiger partial charge in [-0.25, -0.2) is 0 Å². The number of benzene rings is 2. The van der Waals surface area contributed by atoms with Crippen LogP contribution in [0.3, 0.4) is 0 Å². The Balaban J connectivity index is 1.72. The molecule has 26 heavy (non-hydrogen) atoms. The molecule has 0 aliphatic rings. The van der Waals surface area contributed by atoms with E-state index in [1.54, 1.807) is 7.11 Å². The summed E-state index contributed by atoms with van der Waals surface area (Å²) in [5.74, 6) is 0.917. The van der Waals surface area contributed by atoms with Crippen LogP contribution in [0.1, 0.15) is 41.0 Å². The van der Waals surface area contributed by atoms with E-state index in [0.717, 1.165) is 24.5 Å². The zero-order valence-corrected chi connectivity index (χ0v) is 16.0. The van der Waals surface area contributed by atoms with E-state index < -0.39 is 0 Å². The maximum Gasteiger partial charge on any atom is 0.123 e. The van der Waals surface area contributed by atoms with Gasteiger partial charge >= 0.3 is 0 Å². The maximum atomic E-state index is 5.48. The quantitative estimate of drug-likeness (QED) is 0.687. The molecule has 3 rings (SSSR count). The summed E-state index contributed by atoms with van der Waals surface area (Å²) < 4.78 is 7.57. The monoisotopic (exact) mass is 349 g/mol. The second-order valence-corrected chi connectivity index (χ2v) is 6.64. The van der Waals surface area contributed by atoms with Crippen LogP contribution in [0.5, 0.6) is 5.75 Å². The fourth-order valence-electron chi connectivity index (χ4n) is 3.29. The van der Waals surface area contributed by atoms with Crippen molar-refractivity contribution in [2.75, 3.05) is 7.11 Å². The smallest absolute Gasteiger partial charge is 0.123 e. The zero-order valence-electron chi connectivity index (χ0n) is 16.0. The molecule has 0 saturated carbocycles. The van der Waals surface area contributed by atoms with E-state index in [1.165, 1.54) is 22.4 Å². The number of methoxy groups -OCH3 is 1. The molecule has 2 aromatic carbocycles. The highest BCUT2D eigenvalue weighted by Crippen LogP contribution is 2.25. The number of nitrogens with one attached hydrogen (secondary N) is 1. The van der Waals surface area contributed by atoms with E-state index in [0.29, 0.717) is 0 Å². The minimum absolute atomic E-state index is 0.197. The first-order chi connectivity index (χ1) is 12.6. The Labute approximate surface area is 155 Å². The van der Waals surface area contributed by atoms with Crippen LogP contribution < -0.4 is 10.1 Å². The Morgan fingerprint density at radius 3 is 2.46 bits per heavy atom. The topological polar surface area (TPSA) is 39.1 Å². The predicted octanol–water partition coefficient (Wildman–Crippen LogP) is 4.41. The molecule has 0 aliphatic carbocycles. The van der Waals surface area contributed by atoms with Crippen molar-refractivity contribution in [3.05, 3.63) is 82.7 Å². The number of aromatic nitrogens is 2. The second-order valence-electron chi connectivity index (χ2n) is 6.64. The van der Waals surface area contributed by atoms with Crippen LogP contribution in [0.15, 0.2) is 54.6 Å². The van der Waals surface area contributed by atoms with Crippen LogP contribution in [-0.2, 0) is 13.1 Å². The molecule has 1 heterocycles. The third-order valence-corrected chi connectivity index (χ3v) is 4.90. The van der Waals surface area contributed by atoms with E-state index in [1.807, 2.05) is 24.3 Å². The lowest BCUT2D eigenvalue weighted by Gasteiger charge is -2.17. The Morgan fingerprint density at radius 1 is 1.04 bits per heavy atom. The number of hydrogen-bond acceptors (Lipinski definition) is 3. The molecule has 0 bridgehead atoms. The lowest BCUT2D eigenvalue weighted by molar-refractivity contribution is 0.401. The van der Waals surface area contributed by atoms with Crippen molar-refractivity contribution in [2.45, 2.75) is 39.9 Å². The summed E-state index contributed by atoms with van der Waals surface area (Å²) in [6.45, 7) is 7.98. The second kappa shape index (κ2) is 8.19. The molecule has 0 saturated heterocycles. The van der Waals surface area contributed by atoms with Crippen molar-refractivity contribution < 1.29 is 4.74 Å². The first-order valence-electron chi connectivity index (χ1n) is 9.03. The third kappa shape index (κ3) is 3.97. The molecule has 0 aliphatic heterocycles. The fourth-order valence-corrected chi connectivity index (χ4v) is 3.29. The molecule has 1 unspecified atom stereocenters. The van der Waals surface area contributed by atoms with E-state index in [4.69, 9.17) is 9.84 Å². The first-order valence-corrected chi connectivity index (χ1v) is 9.03. The molecule has 0 spiro atoms. The molecule has 1 atom stereocenters. The van der Waals surface area contributed by atoms with Gasteiger partial charge in [-0.2, -0.15) is 5.10 Å². The molecule has 4 nitrogen and oxygen atoms in total. The number of hydrogen-bond donors (Lipinski definition) is 1. The lowest BCUT2D eigenvalue weighted by Crippen LogP contribution is -2.19. The van der Waals surface area contributed by atoms with Gasteiger partial charge in [0.25, 0.3) is 0 Å². The van der Waals surface area contributed by atoms with Gasteiger partial charge in [0.2, 0.25) is 0 Å². The highest BCUT2D eigenvalue weighted by atomic mass is 16.5. The van der Waals surface area contributed by atoms with Crippen molar-refractivity contribution in [3.63, 3.8) is 0 Å². The Hall–Kier alpha value is -2.59. The van der Waals surface area contributed by atoms with E-state index in [2.05, 4.69) is 61.1 Å². The van der Waals surface area contributed by atoms with Crippen LogP contribution in [-0.4, -0.2) is 16.9 Å². The molecule has 0 amide bonds. The van der Waals surface area contributed by atoms with E-state index in [9.17, 15) is 0 Å². The Bertz CT molecular complexity index is 855. The van der Waals surface area contributed by atoms with Crippen LogP contribution in [0.2, 0.25) is 0 Å². The summed E-state index contributed by atoms with van der Waals surface area (Å²) in [7, 11) is 1.72. The van der Waals surface area contributed by atoms with Gasteiger partial charge in [-0.05, 0) is 32.4 Å². The Kier molecular flexibility index (Phi) is 5.74. The molecule has 3 aromatic rings. The van der Waals surface area contributed by atoms with Crippen LogP contribution in [0.25, 0.3) is 0 Å². The third-order valence-electron chi connectivity index (χ3n) is 4.90. The minimum Gasteiger partial charge on any atom is -0.496 e. The van der Waals surface area contributed by atoms with Crippen molar-refractivity contribution in [2.24, 2.45) is 0 Å². The van der Waals surface area contributed by atoms with Gasteiger partial charge in [-0.1, -0.05) is 48.5 Å². The average Bonchev–Trinajstić information content (AvgIpc) is 2.93. The average molecular weight is 349 g/mol. The summed E-state index contributed by atoms with van der Waals surface area (Å²) in [4.78, 5) is 0. The molecule has 0 radical (unpaired) electrons. The van der Waals surface area contributed by atoms with Crippen molar-refractivity contribution in [3.8, 4) is 5.75 Å². The first kappa shape index (κ1) is 18.2. The molecular weight excluding hydrogens is 322 g/mol. The van der Waals surface area contributed by atoms with Crippen LogP contribution >= 0.6 is 0 Å². The summed E-state index contributed by atoms with van der Waals surface area (Å²) in [5.41, 5.74) is 5.99. The molecule has 4 heteroatoms. The van der Waals surface area contributed by atoms with Crippen molar-refractivity contribution >= 4 is 0 Å². The highest BCUT2D eigenvalue weighted by molar-refractivity contribution is 5.36. The minimum atomic E-state index is 0.197. The highest BCUT2D eigenvalue weighted by Gasteiger charge is 2.15. The summed E-state index contributed by atoms with van der Waals surface area (Å²) in [5, 5.41) is 8.36. The SMILES string of the molecule is COc1ccccc1C(C)NCc1c(C)nn(Cc2ccccc2)c1C. The van der Waals surface area contributed by atoms with Crippen LogP contribution in [0, 0.1) is 13.8 Å². The predicted molar refractivity (Wildman–Crippen MR) is 105 cm³/mol. The maximum absolute atomic E-state index is 5.48. The van der Waals surface area contributed by atoms with Crippen molar-refractivity contribution in [1.82, 2.24) is 15.1 Å². The van der Waals surface area contributed by atoms with Crippen molar-refractivity contribution in [1.29, 1.82) is 0 Å². The number of aryl methyl sites for hydroxylation is 1. The number of nitrogens with zero attached hydrogens (tertiary/aromatic N) is 2. The number of rotatable bonds is 7. The van der Waals surface area contributed by atoms with Gasteiger partial charge in [0.15, 0.2) is 0 Å². The lowest BCUT2D eigenvalue weighted by atomic mass is 10.1. The molecule has 0 fully saturated rings. The van der Waals surface area contributed by atoms with Gasteiger partial charge in [0, 0.05) is 29.4 Å². The van der Waals surface area contributed by atoms with Gasteiger partial charge in [0.05, 0.1) is 19.3 Å². The normalized spacial score (nSPS) is 12.2. The zero-order chi connectivity index (χ0) is 18.5. The van der Waals surface area contributed by atoms with Crippen LogP contribution in [0.4, 0.5) is 0 Å². The Morgan fingerprint density at radius 2 is 1.73 bits per heavy atom. The standard InChI is InChI=1S/C22H27N3O/c1-16(20-12-8-9-13-22(20)26-4)23-14-21-17(2)24-25(18(21)3)15-19-10-6-5-7-11-19/h5-13,16,23H,14-15H2,1-4H3. The van der Waals surface area contributed by atoms with E-state index in [-0.39, 0.29) is 6.04 Å². The van der Waals surface area contributed by atoms with Gasteiger partial charge < -0.3 is 10.1 Å². The fraction of sp³-hybridized carbons (Fsp3) is 0.318. The largest absolute Gasteiger partial charge is 0.496 e. The van der Waals surface area contributed by atoms with Gasteiger partial charge in [0.1, 0.15) is 5.75 Å². The van der Waals surface area contributed by atoms with Gasteiger partial charge in [-0.15, -0.1) is 0 Å². The molecular formula is C22H27N3O. The molecule has 1 aromatic heterocycles. The van der Waals surface area contributed by atoms with Gasteiger partial charge in [-0.3, -0.25) is 4.68 Å². The van der Waals surface area contributed by atoms with E-state index >= 15 is 0 Å². The number of para-hydroxylation sites is 1. The summed E-state index contributed by atoms with van der Waals surface area (Å²) >= 11 is 0. The number of ether oxygens (including phenoxy) is 1. The molecule has 136 valence electrons. The molecule has 1 N–H and O–H groups in total. The summed E-state index contributed by atoms with van der Waals surface area (Å²) in [6.07, 6.45) is 0.